The SMILES string of the molecule is Cc1nc(C2(NCC(=O)N(C)CCCCc3ccccc3)CCCCC2)no1. The van der Waals surface area contributed by atoms with E-state index in [0.29, 0.717) is 18.3 Å². The molecule has 0 bridgehead atoms. The Hall–Kier alpha value is -2.21. The van der Waals surface area contributed by atoms with Gasteiger partial charge >= 0.3 is 0 Å². The van der Waals surface area contributed by atoms with Crippen LogP contribution in [0.2, 0.25) is 0 Å². The first-order valence-electron chi connectivity index (χ1n) is 10.4. The van der Waals surface area contributed by atoms with Crippen molar-refractivity contribution in [3.63, 3.8) is 0 Å². The average molecular weight is 385 g/mol. The minimum atomic E-state index is -0.334. The molecule has 0 saturated heterocycles. The molecular weight excluding hydrogens is 352 g/mol. The minimum absolute atomic E-state index is 0.116. The monoisotopic (exact) mass is 384 g/mol. The van der Waals surface area contributed by atoms with E-state index in [4.69, 9.17) is 4.52 Å². The van der Waals surface area contributed by atoms with Crippen LogP contribution in [0.25, 0.3) is 0 Å². The van der Waals surface area contributed by atoms with Crippen molar-refractivity contribution in [3.8, 4) is 0 Å². The highest BCUT2D eigenvalue weighted by Gasteiger charge is 2.38. The second-order valence-corrected chi connectivity index (χ2v) is 7.89. The van der Waals surface area contributed by atoms with E-state index in [1.807, 2.05) is 18.0 Å². The third-order valence-corrected chi connectivity index (χ3v) is 5.72. The highest BCUT2D eigenvalue weighted by molar-refractivity contribution is 5.78. The van der Waals surface area contributed by atoms with Gasteiger partial charge in [-0.2, -0.15) is 4.98 Å². The molecule has 1 aromatic carbocycles. The van der Waals surface area contributed by atoms with Crippen molar-refractivity contribution in [1.29, 1.82) is 0 Å². The maximum atomic E-state index is 12.6. The number of likely N-dealkylation sites (N-methyl/N-ethyl adjacent to an activating group) is 1. The standard InChI is InChI=1S/C22H32N4O2/c1-18-24-21(25-28-18)22(14-8-4-9-15-22)23-17-20(27)26(2)16-10-7-13-19-11-5-3-6-12-19/h3,5-6,11-12,23H,4,7-10,13-17H2,1-2H3. The first-order chi connectivity index (χ1) is 13.6. The Labute approximate surface area is 167 Å². The number of nitrogens with one attached hydrogen (secondary N) is 1. The second kappa shape index (κ2) is 9.82. The Balaban J connectivity index is 1.46. The van der Waals surface area contributed by atoms with E-state index in [1.54, 1.807) is 6.92 Å². The second-order valence-electron chi connectivity index (χ2n) is 7.89. The fraction of sp³-hybridized carbons (Fsp3) is 0.591. The van der Waals surface area contributed by atoms with Gasteiger partial charge in [0.05, 0.1) is 12.1 Å². The Morgan fingerprint density at radius 3 is 2.61 bits per heavy atom. The van der Waals surface area contributed by atoms with Gasteiger partial charge in [-0.15, -0.1) is 0 Å². The summed E-state index contributed by atoms with van der Waals surface area (Å²) < 4.78 is 5.20. The maximum Gasteiger partial charge on any atom is 0.236 e. The number of rotatable bonds is 9. The number of aryl methyl sites for hydroxylation is 2. The molecule has 1 aliphatic carbocycles. The molecule has 0 spiro atoms. The lowest BCUT2D eigenvalue weighted by atomic mass is 9.81. The highest BCUT2D eigenvalue weighted by Crippen LogP contribution is 2.35. The van der Waals surface area contributed by atoms with E-state index in [9.17, 15) is 4.79 Å². The fourth-order valence-electron chi connectivity index (χ4n) is 3.96. The van der Waals surface area contributed by atoms with Crippen LogP contribution in [0, 0.1) is 6.92 Å². The zero-order valence-corrected chi connectivity index (χ0v) is 17.1. The van der Waals surface area contributed by atoms with Gasteiger partial charge in [0.15, 0.2) is 5.82 Å². The van der Waals surface area contributed by atoms with Gasteiger partial charge in [0.2, 0.25) is 11.8 Å². The lowest BCUT2D eigenvalue weighted by molar-refractivity contribution is -0.129. The van der Waals surface area contributed by atoms with E-state index in [1.165, 1.54) is 12.0 Å². The zero-order valence-electron chi connectivity index (χ0n) is 17.1. The molecule has 2 aromatic rings. The van der Waals surface area contributed by atoms with Crippen molar-refractivity contribution in [2.45, 2.75) is 63.8 Å². The zero-order chi connectivity index (χ0) is 19.8. The van der Waals surface area contributed by atoms with E-state index in [2.05, 4.69) is 39.7 Å². The molecule has 1 N–H and O–H groups in total. The molecule has 1 aliphatic rings. The number of benzene rings is 1. The number of amides is 1. The van der Waals surface area contributed by atoms with Crippen LogP contribution in [0.1, 0.15) is 62.2 Å². The van der Waals surface area contributed by atoms with Gasteiger partial charge < -0.3 is 9.42 Å². The minimum Gasteiger partial charge on any atom is -0.345 e. The molecule has 0 aliphatic heterocycles. The van der Waals surface area contributed by atoms with Crippen molar-refractivity contribution < 1.29 is 9.32 Å². The summed E-state index contributed by atoms with van der Waals surface area (Å²) in [6.45, 7) is 2.89. The molecule has 1 saturated carbocycles. The van der Waals surface area contributed by atoms with Crippen LogP contribution in [-0.4, -0.2) is 41.1 Å². The van der Waals surface area contributed by atoms with Gasteiger partial charge in [-0.1, -0.05) is 54.8 Å². The molecule has 6 nitrogen and oxygen atoms in total. The normalized spacial score (nSPS) is 16.1. The van der Waals surface area contributed by atoms with Gasteiger partial charge in [0.1, 0.15) is 0 Å². The van der Waals surface area contributed by atoms with Gasteiger partial charge in [0, 0.05) is 20.5 Å². The van der Waals surface area contributed by atoms with E-state index < -0.39 is 0 Å². The van der Waals surface area contributed by atoms with Crippen LogP contribution in [0.3, 0.4) is 0 Å². The first kappa shape index (κ1) is 20.5. The van der Waals surface area contributed by atoms with E-state index in [-0.39, 0.29) is 11.4 Å². The lowest BCUT2D eigenvalue weighted by Crippen LogP contribution is -2.49. The number of nitrogens with zero attached hydrogens (tertiary/aromatic N) is 3. The summed E-state index contributed by atoms with van der Waals surface area (Å²) in [5.41, 5.74) is 1.02. The van der Waals surface area contributed by atoms with Crippen LogP contribution in [0.4, 0.5) is 0 Å². The Kier molecular flexibility index (Phi) is 7.20. The van der Waals surface area contributed by atoms with Crippen molar-refractivity contribution in [3.05, 3.63) is 47.6 Å². The molecule has 28 heavy (non-hydrogen) atoms. The molecule has 0 atom stereocenters. The predicted molar refractivity (Wildman–Crippen MR) is 109 cm³/mol. The maximum absolute atomic E-state index is 12.6. The molecule has 152 valence electrons. The number of aromatic nitrogens is 2. The molecule has 1 aromatic heterocycles. The van der Waals surface area contributed by atoms with Crippen LogP contribution in [0.5, 0.6) is 0 Å². The number of hydrogen-bond acceptors (Lipinski definition) is 5. The molecule has 6 heteroatoms. The van der Waals surface area contributed by atoms with Crippen molar-refractivity contribution in [1.82, 2.24) is 20.4 Å². The van der Waals surface area contributed by atoms with Crippen LogP contribution in [0.15, 0.2) is 34.9 Å². The largest absolute Gasteiger partial charge is 0.345 e. The number of carbonyl (C=O) groups excluding carboxylic acids is 1. The van der Waals surface area contributed by atoms with Crippen molar-refractivity contribution in [2.24, 2.45) is 0 Å². The summed E-state index contributed by atoms with van der Waals surface area (Å²) in [4.78, 5) is 18.9. The average Bonchev–Trinajstić information content (AvgIpc) is 3.18. The van der Waals surface area contributed by atoms with Crippen molar-refractivity contribution >= 4 is 5.91 Å². The summed E-state index contributed by atoms with van der Waals surface area (Å²) in [5, 5.41) is 7.64. The molecule has 0 radical (unpaired) electrons. The molecular formula is C22H32N4O2. The topological polar surface area (TPSA) is 71.3 Å². The summed E-state index contributed by atoms with van der Waals surface area (Å²) in [7, 11) is 1.89. The fourth-order valence-corrected chi connectivity index (χ4v) is 3.96. The quantitative estimate of drug-likeness (QED) is 0.669. The van der Waals surface area contributed by atoms with Gasteiger partial charge in [-0.25, -0.2) is 0 Å². The summed E-state index contributed by atoms with van der Waals surface area (Å²) >= 11 is 0. The third kappa shape index (κ3) is 5.41. The smallest absolute Gasteiger partial charge is 0.236 e. The van der Waals surface area contributed by atoms with Crippen LogP contribution in [-0.2, 0) is 16.8 Å². The van der Waals surface area contributed by atoms with Gasteiger partial charge in [-0.05, 0) is 37.7 Å². The Bertz CT molecular complexity index is 738. The number of hydrogen-bond donors (Lipinski definition) is 1. The van der Waals surface area contributed by atoms with Crippen molar-refractivity contribution in [2.75, 3.05) is 20.1 Å². The molecule has 1 fully saturated rings. The lowest BCUT2D eigenvalue weighted by Gasteiger charge is -2.35. The number of unbranched alkanes of at least 4 members (excludes halogenated alkanes) is 1. The Morgan fingerprint density at radius 1 is 1.18 bits per heavy atom. The first-order valence-corrected chi connectivity index (χ1v) is 10.4. The van der Waals surface area contributed by atoms with E-state index >= 15 is 0 Å². The van der Waals surface area contributed by atoms with Crippen LogP contribution < -0.4 is 5.32 Å². The highest BCUT2D eigenvalue weighted by atomic mass is 16.5. The molecule has 3 rings (SSSR count). The van der Waals surface area contributed by atoms with Gasteiger partial charge in [0.25, 0.3) is 0 Å². The van der Waals surface area contributed by atoms with Crippen LogP contribution >= 0.6 is 0 Å². The Morgan fingerprint density at radius 2 is 1.93 bits per heavy atom. The van der Waals surface area contributed by atoms with E-state index in [0.717, 1.165) is 51.5 Å². The molecule has 0 unspecified atom stereocenters. The predicted octanol–water partition coefficient (Wildman–Crippen LogP) is 3.61. The number of carbonyl (C=O) groups is 1. The third-order valence-electron chi connectivity index (χ3n) is 5.72. The summed E-state index contributed by atoms with van der Waals surface area (Å²) in [6.07, 6.45) is 8.48. The summed E-state index contributed by atoms with van der Waals surface area (Å²) in [6, 6.07) is 10.5. The molecule has 1 amide bonds. The van der Waals surface area contributed by atoms with Gasteiger partial charge in [-0.3, -0.25) is 10.1 Å². The summed E-state index contributed by atoms with van der Waals surface area (Å²) in [5.74, 6) is 1.39. The molecule has 1 heterocycles.